The number of nitrogens with one attached hydrogen (secondary N) is 2. The lowest BCUT2D eigenvalue weighted by atomic mass is 10.2. The van der Waals surface area contributed by atoms with E-state index >= 15 is 0 Å². The van der Waals surface area contributed by atoms with Crippen molar-refractivity contribution in [1.29, 1.82) is 0 Å². The summed E-state index contributed by atoms with van der Waals surface area (Å²) in [6, 6.07) is 12.9. The zero-order chi connectivity index (χ0) is 22.0. The molecule has 1 aliphatic rings. The van der Waals surface area contributed by atoms with Gasteiger partial charge in [-0.25, -0.2) is 0 Å². The smallest absolute Gasteiger partial charge is 0.243 e. The van der Waals surface area contributed by atoms with Crippen LogP contribution in [0, 0.1) is 0 Å². The lowest BCUT2D eigenvalue weighted by Gasteiger charge is -2.18. The third-order valence-corrected chi connectivity index (χ3v) is 7.32. The van der Waals surface area contributed by atoms with E-state index in [2.05, 4.69) is 20.2 Å². The number of fused-ring (bicyclic) bond motifs is 1. The number of hydrogen-bond donors (Lipinski definition) is 2. The molecule has 2 unspecified atom stereocenters. The molecule has 0 aliphatic carbocycles. The first-order valence-electron chi connectivity index (χ1n) is 9.55. The second-order valence-corrected chi connectivity index (χ2v) is 9.57. The second-order valence-electron chi connectivity index (χ2n) is 7.02. The molecule has 4 rings (SSSR count). The highest BCUT2D eigenvalue weighted by atomic mass is 35.5. The Morgan fingerprint density at radius 2 is 1.81 bits per heavy atom. The number of aromatic nitrogens is 3. The molecule has 1 amide bonds. The molecule has 0 saturated carbocycles. The number of benzene rings is 2. The van der Waals surface area contributed by atoms with Crippen molar-refractivity contribution in [2.75, 3.05) is 0 Å². The summed E-state index contributed by atoms with van der Waals surface area (Å²) in [5, 5.41) is 11.8. The molecule has 2 atom stereocenters. The van der Waals surface area contributed by atoms with Crippen molar-refractivity contribution in [2.45, 2.75) is 36.9 Å². The fourth-order valence-corrected chi connectivity index (χ4v) is 5.20. The Bertz CT molecular complexity index is 1170. The van der Waals surface area contributed by atoms with E-state index in [0.29, 0.717) is 36.1 Å². The summed E-state index contributed by atoms with van der Waals surface area (Å²) in [6.45, 7) is 0.176. The first-order chi connectivity index (χ1) is 14.9. The monoisotopic (exact) mass is 479 g/mol. The Kier molecular flexibility index (Phi) is 6.40. The van der Waals surface area contributed by atoms with Gasteiger partial charge in [0.1, 0.15) is 18.4 Å². The molecular weight excluding hydrogens is 461 g/mol. The number of amides is 1. The van der Waals surface area contributed by atoms with E-state index < -0.39 is 16.4 Å². The number of carbonyl (C=O) groups is 1. The first kappa shape index (κ1) is 21.9. The van der Waals surface area contributed by atoms with E-state index in [9.17, 15) is 13.6 Å². The molecule has 0 spiro atoms. The highest BCUT2D eigenvalue weighted by molar-refractivity contribution is 7.95. The van der Waals surface area contributed by atoms with Gasteiger partial charge in [0.2, 0.25) is 5.91 Å². The van der Waals surface area contributed by atoms with Gasteiger partial charge in [0.05, 0.1) is 5.02 Å². The van der Waals surface area contributed by atoms with Crippen LogP contribution in [0.5, 0.6) is 0 Å². The summed E-state index contributed by atoms with van der Waals surface area (Å²) < 4.78 is 29.4. The summed E-state index contributed by atoms with van der Waals surface area (Å²) in [7, 11) is -3.85. The van der Waals surface area contributed by atoms with Crippen LogP contribution in [-0.2, 0) is 38.9 Å². The summed E-state index contributed by atoms with van der Waals surface area (Å²) in [5.41, 5.74) is 0.812. The van der Waals surface area contributed by atoms with Gasteiger partial charge < -0.3 is 14.4 Å². The molecule has 1 aliphatic heterocycles. The standard InChI is InChI=1S/C20H19Cl2N5O3S/c21-14-6-2-1-5-13(14)11-23-20(28)16-9-10-18-25-26-19(27(16)18)12-24-31(29,30)17-8-4-3-7-15(17)22/h1-8,16H,9-12H2,(H2-,23,24,28,29,30). The molecule has 0 fully saturated rings. The average molecular weight is 480 g/mol. The minimum atomic E-state index is -3.85. The number of hydrogen-bond acceptors (Lipinski definition) is 5. The molecule has 0 bridgehead atoms. The molecule has 11 heteroatoms. The Labute approximate surface area is 190 Å². The first-order valence-corrected chi connectivity index (χ1v) is 11.8. The van der Waals surface area contributed by atoms with Crippen molar-refractivity contribution in [3.05, 3.63) is 75.8 Å². The Morgan fingerprint density at radius 3 is 2.55 bits per heavy atom. The predicted molar refractivity (Wildman–Crippen MR) is 116 cm³/mol. The Hall–Kier alpha value is -2.30. The highest BCUT2D eigenvalue weighted by Crippen LogP contribution is 2.28. The van der Waals surface area contributed by atoms with Gasteiger partial charge in [-0.05, 0) is 30.2 Å². The van der Waals surface area contributed by atoms with Crippen molar-refractivity contribution in [1.82, 2.24) is 24.8 Å². The average Bonchev–Trinajstić information content (AvgIpc) is 3.34. The quantitative estimate of drug-likeness (QED) is 0.505. The third-order valence-electron chi connectivity index (χ3n) is 5.05. The fourth-order valence-electron chi connectivity index (χ4n) is 3.50. The maximum absolute atomic E-state index is 12.8. The lowest BCUT2D eigenvalue weighted by Crippen LogP contribution is -2.34. The molecule has 8 nitrogen and oxygen atoms in total. The van der Waals surface area contributed by atoms with Gasteiger partial charge in [-0.15, -0.1) is 14.9 Å². The molecule has 31 heavy (non-hydrogen) atoms. The topological polar surface area (TPSA) is 112 Å². The zero-order valence-corrected chi connectivity index (χ0v) is 18.6. The minimum Gasteiger partial charge on any atom is -0.593 e. The third kappa shape index (κ3) is 4.65. The number of rotatable bonds is 7. The van der Waals surface area contributed by atoms with Crippen LogP contribution in [0.1, 0.15) is 29.7 Å². The van der Waals surface area contributed by atoms with E-state index in [1.807, 2.05) is 18.2 Å². The largest absolute Gasteiger partial charge is 0.593 e. The van der Waals surface area contributed by atoms with Gasteiger partial charge in [-0.1, -0.05) is 57.7 Å². The van der Waals surface area contributed by atoms with Crippen LogP contribution in [0.3, 0.4) is 0 Å². The van der Waals surface area contributed by atoms with Gasteiger partial charge in [0.15, 0.2) is 21.1 Å². The maximum Gasteiger partial charge on any atom is 0.243 e. The van der Waals surface area contributed by atoms with Crippen LogP contribution in [0.4, 0.5) is 0 Å². The summed E-state index contributed by atoms with van der Waals surface area (Å²) >= 11 is 12.2. The van der Waals surface area contributed by atoms with Crippen LogP contribution in [-0.4, -0.2) is 25.2 Å². The minimum absolute atomic E-state index is 0.0214. The van der Waals surface area contributed by atoms with Gasteiger partial charge in [0, 0.05) is 18.0 Å². The van der Waals surface area contributed by atoms with E-state index in [1.165, 1.54) is 12.1 Å². The second kappa shape index (κ2) is 9.05. The molecule has 162 valence electrons. The van der Waals surface area contributed by atoms with Crippen LogP contribution < -0.4 is 10.0 Å². The predicted octanol–water partition coefficient (Wildman–Crippen LogP) is 3.08. The van der Waals surface area contributed by atoms with E-state index in [0.717, 1.165) is 5.56 Å². The summed E-state index contributed by atoms with van der Waals surface area (Å²) in [5.74, 6) is 0.805. The van der Waals surface area contributed by atoms with Crippen LogP contribution in [0.2, 0.25) is 10.0 Å². The van der Waals surface area contributed by atoms with Crippen LogP contribution in [0.15, 0.2) is 53.4 Å². The lowest BCUT2D eigenvalue weighted by molar-refractivity contribution is -0.124. The molecule has 2 aromatic carbocycles. The highest BCUT2D eigenvalue weighted by Gasteiger charge is 2.33. The number of aryl methyl sites for hydroxylation is 1. The van der Waals surface area contributed by atoms with E-state index in [4.69, 9.17) is 23.2 Å². The molecule has 0 radical (unpaired) electrons. The fraction of sp³-hybridized carbons (Fsp3) is 0.250. The van der Waals surface area contributed by atoms with Gasteiger partial charge in [0.25, 0.3) is 0 Å². The van der Waals surface area contributed by atoms with Crippen molar-refractivity contribution in [3.63, 3.8) is 0 Å². The molecule has 1 aromatic heterocycles. The SMILES string of the molecule is O=C(NCc1ccccc1Cl)C1CCc2nnc(CN[S+](=O)([O-])c3ccccc3Cl)n21. The maximum atomic E-state index is 12.8. The Balaban J connectivity index is 1.46. The molecule has 3 aromatic rings. The zero-order valence-electron chi connectivity index (χ0n) is 16.3. The van der Waals surface area contributed by atoms with Gasteiger partial charge >= 0.3 is 0 Å². The van der Waals surface area contributed by atoms with E-state index in [1.54, 1.807) is 22.8 Å². The molecule has 2 heterocycles. The van der Waals surface area contributed by atoms with Crippen molar-refractivity contribution < 1.29 is 13.6 Å². The van der Waals surface area contributed by atoms with Gasteiger partial charge in [-0.3, -0.25) is 4.79 Å². The van der Waals surface area contributed by atoms with Crippen LogP contribution in [0.25, 0.3) is 0 Å². The number of carbonyl (C=O) groups excluding carboxylic acids is 1. The van der Waals surface area contributed by atoms with Crippen molar-refractivity contribution in [3.8, 4) is 0 Å². The normalized spacial score (nSPS) is 17.2. The summed E-state index contributed by atoms with van der Waals surface area (Å²) in [4.78, 5) is 12.8. The molecular formula is C20H19Cl2N5O3S. The number of sulfonamides is 1. The Morgan fingerprint density at radius 1 is 1.10 bits per heavy atom. The van der Waals surface area contributed by atoms with Gasteiger partial charge in [-0.2, -0.15) is 0 Å². The van der Waals surface area contributed by atoms with Crippen molar-refractivity contribution in [2.24, 2.45) is 0 Å². The van der Waals surface area contributed by atoms with E-state index in [-0.39, 0.29) is 22.4 Å². The van der Waals surface area contributed by atoms with Crippen LogP contribution >= 0.6 is 23.2 Å². The number of halogens is 2. The summed E-state index contributed by atoms with van der Waals surface area (Å²) in [6.07, 6.45) is 1.14. The van der Waals surface area contributed by atoms with Crippen molar-refractivity contribution >= 4 is 39.5 Å². The molecule has 0 saturated heterocycles. The molecule has 2 N–H and O–H groups in total. The number of nitrogens with zero attached hydrogens (tertiary/aromatic N) is 3.